The monoisotopic (exact) mass is 356 g/mol. The summed E-state index contributed by atoms with van der Waals surface area (Å²) in [6.07, 6.45) is 0. The summed E-state index contributed by atoms with van der Waals surface area (Å²) in [5.74, 6) is 5.74. The van der Waals surface area contributed by atoms with Gasteiger partial charge in [-0.1, -0.05) is 47.7 Å². The highest BCUT2D eigenvalue weighted by Gasteiger charge is 2.06. The fraction of sp³-hybridized carbons (Fsp3) is 0.211. The van der Waals surface area contributed by atoms with Crippen molar-refractivity contribution in [3.05, 3.63) is 70.3 Å². The van der Waals surface area contributed by atoms with Gasteiger partial charge in [-0.15, -0.1) is 0 Å². The van der Waals surface area contributed by atoms with Gasteiger partial charge in [-0.05, 0) is 53.4 Å². The minimum Gasteiger partial charge on any atom is -0.478 e. The first-order valence-electron chi connectivity index (χ1n) is 7.05. The highest BCUT2D eigenvalue weighted by molar-refractivity contribution is 9.08. The summed E-state index contributed by atoms with van der Waals surface area (Å²) in [7, 11) is 0. The lowest BCUT2D eigenvalue weighted by atomic mass is 9.96. The molecule has 0 spiro atoms. The first kappa shape index (κ1) is 16.3. The van der Waals surface area contributed by atoms with Crippen molar-refractivity contribution in [2.45, 2.75) is 25.1 Å². The Morgan fingerprint density at radius 1 is 1.09 bits per heavy atom. The Labute approximate surface area is 139 Å². The van der Waals surface area contributed by atoms with Crippen LogP contribution in [0.25, 0.3) is 0 Å². The van der Waals surface area contributed by atoms with Crippen LogP contribution in [0.4, 0.5) is 0 Å². The third-order valence-electron chi connectivity index (χ3n) is 3.39. The van der Waals surface area contributed by atoms with E-state index in [-0.39, 0.29) is 5.56 Å². The molecule has 0 unspecified atom stereocenters. The number of hydrogen-bond acceptors (Lipinski definition) is 1. The number of alkyl halides is 1. The molecule has 2 aromatic rings. The van der Waals surface area contributed by atoms with Gasteiger partial charge in [0.2, 0.25) is 0 Å². The van der Waals surface area contributed by atoms with Gasteiger partial charge >= 0.3 is 5.97 Å². The molecule has 0 saturated carbocycles. The van der Waals surface area contributed by atoms with E-state index in [1.165, 1.54) is 11.1 Å². The normalized spacial score (nSPS) is 10.2. The predicted octanol–water partition coefficient (Wildman–Crippen LogP) is 4.80. The Morgan fingerprint density at radius 2 is 1.68 bits per heavy atom. The van der Waals surface area contributed by atoms with E-state index in [0.29, 0.717) is 5.92 Å². The van der Waals surface area contributed by atoms with E-state index in [1.807, 2.05) is 6.07 Å². The van der Waals surface area contributed by atoms with Gasteiger partial charge in [0.25, 0.3) is 0 Å². The molecule has 1 N–H and O–H groups in total. The lowest BCUT2D eigenvalue weighted by Gasteiger charge is -2.11. The van der Waals surface area contributed by atoms with Crippen molar-refractivity contribution in [2.75, 3.05) is 0 Å². The van der Waals surface area contributed by atoms with Crippen molar-refractivity contribution in [3.63, 3.8) is 0 Å². The summed E-state index contributed by atoms with van der Waals surface area (Å²) in [6.45, 7) is 4.34. The van der Waals surface area contributed by atoms with Crippen molar-refractivity contribution >= 4 is 21.9 Å². The van der Waals surface area contributed by atoms with Crippen LogP contribution in [0.5, 0.6) is 0 Å². The summed E-state index contributed by atoms with van der Waals surface area (Å²) in [4.78, 5) is 10.8. The van der Waals surface area contributed by atoms with Gasteiger partial charge in [-0.2, -0.15) is 0 Å². The predicted molar refractivity (Wildman–Crippen MR) is 92.5 cm³/mol. The van der Waals surface area contributed by atoms with Crippen molar-refractivity contribution in [3.8, 4) is 11.8 Å². The van der Waals surface area contributed by atoms with Crippen LogP contribution in [0, 0.1) is 11.8 Å². The molecule has 0 amide bonds. The third-order valence-corrected chi connectivity index (χ3v) is 4.00. The molecule has 0 saturated heterocycles. The third kappa shape index (κ3) is 3.99. The van der Waals surface area contributed by atoms with Gasteiger partial charge in [0.15, 0.2) is 0 Å². The summed E-state index contributed by atoms with van der Waals surface area (Å²) < 4.78 is 0. The Bertz CT molecular complexity index is 734. The molecule has 2 rings (SSSR count). The van der Waals surface area contributed by atoms with E-state index >= 15 is 0 Å². The van der Waals surface area contributed by atoms with E-state index in [0.717, 1.165) is 16.5 Å². The van der Waals surface area contributed by atoms with E-state index in [2.05, 4.69) is 53.8 Å². The lowest BCUT2D eigenvalue weighted by Crippen LogP contribution is -1.95. The number of aromatic carboxylic acids is 1. The second kappa shape index (κ2) is 7.29. The van der Waals surface area contributed by atoms with Crippen LogP contribution in [0.1, 0.15) is 52.4 Å². The first-order chi connectivity index (χ1) is 10.5. The van der Waals surface area contributed by atoms with Crippen LogP contribution in [0.2, 0.25) is 0 Å². The molecule has 0 bridgehead atoms. The smallest absolute Gasteiger partial charge is 0.335 e. The second-order valence-electron chi connectivity index (χ2n) is 5.33. The molecule has 0 aliphatic rings. The number of benzene rings is 2. The standard InChI is InChI=1S/C19H17BrO2/c1-13(2)18-11-15(7-10-17(18)12-20)4-3-14-5-8-16(9-6-14)19(21)22/h5-11,13H,12H2,1-2H3,(H,21,22). The van der Waals surface area contributed by atoms with Crippen molar-refractivity contribution < 1.29 is 9.90 Å². The highest BCUT2D eigenvalue weighted by Crippen LogP contribution is 2.22. The average Bonchev–Trinajstić information content (AvgIpc) is 2.53. The Balaban J connectivity index is 2.28. The van der Waals surface area contributed by atoms with Crippen molar-refractivity contribution in [1.29, 1.82) is 0 Å². The molecule has 0 radical (unpaired) electrons. The molecule has 0 aromatic heterocycles. The van der Waals surface area contributed by atoms with Crippen LogP contribution >= 0.6 is 15.9 Å². The van der Waals surface area contributed by atoms with Gasteiger partial charge in [0.05, 0.1) is 5.56 Å². The molecule has 0 aliphatic carbocycles. The zero-order chi connectivity index (χ0) is 16.1. The molecule has 22 heavy (non-hydrogen) atoms. The lowest BCUT2D eigenvalue weighted by molar-refractivity contribution is 0.0697. The molecule has 0 heterocycles. The maximum Gasteiger partial charge on any atom is 0.335 e. The minimum atomic E-state index is -0.925. The summed E-state index contributed by atoms with van der Waals surface area (Å²) in [5, 5.41) is 9.71. The largest absolute Gasteiger partial charge is 0.478 e. The molecule has 0 aliphatic heterocycles. The quantitative estimate of drug-likeness (QED) is 0.633. The van der Waals surface area contributed by atoms with Crippen molar-refractivity contribution in [2.24, 2.45) is 0 Å². The summed E-state index contributed by atoms with van der Waals surface area (Å²) >= 11 is 3.51. The molecular formula is C19H17BrO2. The zero-order valence-corrected chi connectivity index (χ0v) is 14.1. The number of carboxylic acid groups (broad SMARTS) is 1. The van der Waals surface area contributed by atoms with Crippen LogP contribution in [-0.2, 0) is 5.33 Å². The highest BCUT2D eigenvalue weighted by atomic mass is 79.9. The molecule has 3 heteroatoms. The minimum absolute atomic E-state index is 0.273. The number of rotatable bonds is 3. The number of carboxylic acids is 1. The maximum atomic E-state index is 10.8. The Morgan fingerprint density at radius 3 is 2.23 bits per heavy atom. The average molecular weight is 357 g/mol. The van der Waals surface area contributed by atoms with Gasteiger partial charge < -0.3 is 5.11 Å². The fourth-order valence-electron chi connectivity index (χ4n) is 2.17. The number of halogens is 1. The molecule has 0 fully saturated rings. The molecule has 2 aromatic carbocycles. The van der Waals surface area contributed by atoms with E-state index in [1.54, 1.807) is 24.3 Å². The van der Waals surface area contributed by atoms with E-state index in [4.69, 9.17) is 5.11 Å². The zero-order valence-electron chi connectivity index (χ0n) is 12.6. The summed E-state index contributed by atoms with van der Waals surface area (Å²) in [6, 6.07) is 12.8. The van der Waals surface area contributed by atoms with E-state index in [9.17, 15) is 4.79 Å². The van der Waals surface area contributed by atoms with Crippen LogP contribution in [0.3, 0.4) is 0 Å². The van der Waals surface area contributed by atoms with Crippen LogP contribution < -0.4 is 0 Å². The first-order valence-corrected chi connectivity index (χ1v) is 8.17. The fourth-order valence-corrected chi connectivity index (χ4v) is 2.68. The van der Waals surface area contributed by atoms with Gasteiger partial charge in [-0.25, -0.2) is 4.79 Å². The summed E-state index contributed by atoms with van der Waals surface area (Å²) in [5.41, 5.74) is 4.63. The molecule has 112 valence electrons. The van der Waals surface area contributed by atoms with Gasteiger partial charge in [0, 0.05) is 16.5 Å². The molecule has 0 atom stereocenters. The Kier molecular flexibility index (Phi) is 5.41. The van der Waals surface area contributed by atoms with Crippen LogP contribution in [0.15, 0.2) is 42.5 Å². The number of hydrogen-bond donors (Lipinski definition) is 1. The molecule has 2 nitrogen and oxygen atoms in total. The van der Waals surface area contributed by atoms with Crippen LogP contribution in [-0.4, -0.2) is 11.1 Å². The van der Waals surface area contributed by atoms with Gasteiger partial charge in [0.1, 0.15) is 0 Å². The van der Waals surface area contributed by atoms with Gasteiger partial charge in [-0.3, -0.25) is 0 Å². The molecular weight excluding hydrogens is 340 g/mol. The Hall–Kier alpha value is -2.05. The maximum absolute atomic E-state index is 10.8. The van der Waals surface area contributed by atoms with Crippen molar-refractivity contribution in [1.82, 2.24) is 0 Å². The van der Waals surface area contributed by atoms with E-state index < -0.39 is 5.97 Å². The second-order valence-corrected chi connectivity index (χ2v) is 5.90. The SMILES string of the molecule is CC(C)c1cc(C#Cc2ccc(C(=O)O)cc2)ccc1CBr. The number of carbonyl (C=O) groups is 1. The topological polar surface area (TPSA) is 37.3 Å².